The molecule has 17 heavy (non-hydrogen) atoms. The summed E-state index contributed by atoms with van der Waals surface area (Å²) in [6.07, 6.45) is 5.46. The van der Waals surface area contributed by atoms with Crippen molar-refractivity contribution in [1.82, 2.24) is 5.09 Å². The molecule has 1 aliphatic heterocycles. The number of nitrogens with one attached hydrogen (secondary N) is 1. The van der Waals surface area contributed by atoms with Crippen LogP contribution in [0.4, 0.5) is 0 Å². The average molecular weight is 261 g/mol. The number of carbonyl (C=O) groups is 1. The summed E-state index contributed by atoms with van der Waals surface area (Å²) in [4.78, 5) is 11.4. The first-order valence-corrected chi connectivity index (χ1v) is 7.48. The lowest BCUT2D eigenvalue weighted by molar-refractivity contribution is -0.132. The maximum atomic E-state index is 11.4. The Morgan fingerprint density at radius 1 is 1.35 bits per heavy atom. The largest absolute Gasteiger partial charge is 0.524 e. The molecule has 0 amide bonds. The zero-order valence-electron chi connectivity index (χ0n) is 9.81. The van der Waals surface area contributed by atoms with Crippen molar-refractivity contribution in [2.75, 3.05) is 0 Å². The van der Waals surface area contributed by atoms with Gasteiger partial charge in [-0.05, 0) is 19.8 Å². The Morgan fingerprint density at radius 3 is 2.59 bits per heavy atom. The highest BCUT2D eigenvalue weighted by Crippen LogP contribution is 2.55. The molecule has 0 spiro atoms. The van der Waals surface area contributed by atoms with Crippen LogP contribution in [0.2, 0.25) is 0 Å². The Labute approximate surface area is 101 Å². The van der Waals surface area contributed by atoms with Gasteiger partial charge in [0.1, 0.15) is 5.57 Å². The SMILES string of the molecule is CC1=C(O)O[P+](N)(NC2CCCCC2)OC1=O. The van der Waals surface area contributed by atoms with E-state index >= 15 is 0 Å². The molecule has 0 aromatic carbocycles. The first kappa shape index (κ1) is 12.6. The second kappa shape index (κ2) is 4.80. The summed E-state index contributed by atoms with van der Waals surface area (Å²) in [5.41, 5.74) is 5.93. The maximum Gasteiger partial charge on any atom is 0.524 e. The van der Waals surface area contributed by atoms with E-state index in [2.05, 4.69) is 5.09 Å². The standard InChI is InChI=1S/C10H17N2O4P/c1-7-9(13)15-17(11,16-10(7)14)12-8-5-3-2-4-6-8/h8,12H,2-6,11H2,1H3/p+1. The second-order valence-electron chi connectivity index (χ2n) is 4.46. The Kier molecular flexibility index (Phi) is 3.56. The molecule has 4 N–H and O–H groups in total. The van der Waals surface area contributed by atoms with Crippen molar-refractivity contribution < 1.29 is 18.9 Å². The van der Waals surface area contributed by atoms with Crippen molar-refractivity contribution in [3.8, 4) is 0 Å². The summed E-state index contributed by atoms with van der Waals surface area (Å²) in [6, 6.07) is 0.195. The third kappa shape index (κ3) is 2.89. The summed E-state index contributed by atoms with van der Waals surface area (Å²) in [5, 5.41) is 12.5. The zero-order chi connectivity index (χ0) is 12.5. The van der Waals surface area contributed by atoms with Crippen molar-refractivity contribution in [2.45, 2.75) is 45.1 Å². The topological polar surface area (TPSA) is 93.8 Å². The molecule has 2 aliphatic rings. The number of nitrogens with two attached hydrogens (primary N) is 1. The highest BCUT2D eigenvalue weighted by atomic mass is 31.2. The number of hydrogen-bond acceptors (Lipinski definition) is 6. The molecular formula is C10H18N2O4P+. The number of aliphatic hydroxyl groups excluding tert-OH is 1. The first-order chi connectivity index (χ1) is 8.00. The van der Waals surface area contributed by atoms with E-state index in [1.54, 1.807) is 0 Å². The van der Waals surface area contributed by atoms with Gasteiger partial charge in [-0.2, -0.15) is 0 Å². The first-order valence-electron chi connectivity index (χ1n) is 5.79. The van der Waals surface area contributed by atoms with E-state index < -0.39 is 19.9 Å². The average Bonchev–Trinajstić information content (AvgIpc) is 2.27. The Morgan fingerprint density at radius 2 is 2.00 bits per heavy atom. The lowest BCUT2D eigenvalue weighted by Gasteiger charge is -2.27. The van der Waals surface area contributed by atoms with Gasteiger partial charge in [0, 0.05) is 6.04 Å². The minimum atomic E-state index is -2.99. The molecule has 7 heteroatoms. The maximum absolute atomic E-state index is 11.4. The van der Waals surface area contributed by atoms with Crippen molar-refractivity contribution in [3.05, 3.63) is 11.5 Å². The van der Waals surface area contributed by atoms with Crippen molar-refractivity contribution in [1.29, 1.82) is 0 Å². The Bertz CT molecular complexity index is 354. The number of carbonyl (C=O) groups excluding carboxylic acids is 1. The molecule has 0 aromatic heterocycles. The Hall–Kier alpha value is -0.840. The fourth-order valence-electron chi connectivity index (χ4n) is 2.03. The van der Waals surface area contributed by atoms with Gasteiger partial charge < -0.3 is 5.11 Å². The van der Waals surface area contributed by atoms with Gasteiger partial charge in [0.15, 0.2) is 0 Å². The molecule has 0 bridgehead atoms. The molecule has 0 saturated heterocycles. The quantitative estimate of drug-likeness (QED) is 0.657. The fraction of sp³-hybridized carbons (Fsp3) is 0.700. The third-order valence-corrected chi connectivity index (χ3v) is 4.64. The van der Waals surface area contributed by atoms with Gasteiger partial charge >= 0.3 is 19.9 Å². The normalized spacial score (nSPS) is 31.1. The summed E-state index contributed by atoms with van der Waals surface area (Å²) in [5.74, 6) is -1.05. The monoisotopic (exact) mass is 261 g/mol. The molecule has 0 aromatic rings. The van der Waals surface area contributed by atoms with Crippen molar-refractivity contribution in [2.24, 2.45) is 5.50 Å². The van der Waals surface area contributed by atoms with E-state index in [4.69, 9.17) is 14.6 Å². The summed E-state index contributed by atoms with van der Waals surface area (Å²) in [7, 11) is -2.99. The van der Waals surface area contributed by atoms with Crippen LogP contribution in [0.5, 0.6) is 0 Å². The van der Waals surface area contributed by atoms with Crippen LogP contribution in [0.1, 0.15) is 39.0 Å². The van der Waals surface area contributed by atoms with Gasteiger partial charge in [-0.1, -0.05) is 19.3 Å². The zero-order valence-corrected chi connectivity index (χ0v) is 10.7. The van der Waals surface area contributed by atoms with Crippen LogP contribution in [0.3, 0.4) is 0 Å². The second-order valence-corrected chi connectivity index (χ2v) is 6.28. The molecule has 1 heterocycles. The van der Waals surface area contributed by atoms with Gasteiger partial charge in [-0.15, -0.1) is 10.6 Å². The fourth-order valence-corrected chi connectivity index (χ4v) is 3.72. The summed E-state index contributed by atoms with van der Waals surface area (Å²) in [6.45, 7) is 1.43. The molecule has 2 rings (SSSR count). The van der Waals surface area contributed by atoms with Crippen LogP contribution in [0.25, 0.3) is 0 Å². The molecule has 1 unspecified atom stereocenters. The predicted molar refractivity (Wildman–Crippen MR) is 63.6 cm³/mol. The van der Waals surface area contributed by atoms with Crippen LogP contribution >= 0.6 is 8.02 Å². The molecule has 96 valence electrons. The summed E-state index contributed by atoms with van der Waals surface area (Å²) >= 11 is 0. The number of rotatable bonds is 2. The predicted octanol–water partition coefficient (Wildman–Crippen LogP) is 1.91. The summed E-state index contributed by atoms with van der Waals surface area (Å²) < 4.78 is 10.2. The minimum Gasteiger partial charge on any atom is -0.477 e. The molecule has 1 saturated carbocycles. The highest BCUT2D eigenvalue weighted by Gasteiger charge is 2.51. The number of aliphatic hydroxyl groups is 1. The smallest absolute Gasteiger partial charge is 0.477 e. The highest BCUT2D eigenvalue weighted by molar-refractivity contribution is 7.62. The lowest BCUT2D eigenvalue weighted by atomic mass is 9.96. The lowest BCUT2D eigenvalue weighted by Crippen LogP contribution is -2.39. The molecule has 6 nitrogen and oxygen atoms in total. The van der Waals surface area contributed by atoms with E-state index in [0.29, 0.717) is 0 Å². The Balaban J connectivity index is 2.02. The van der Waals surface area contributed by atoms with Gasteiger partial charge in [-0.25, -0.2) is 13.8 Å². The van der Waals surface area contributed by atoms with Gasteiger partial charge in [-0.3, -0.25) is 0 Å². The van der Waals surface area contributed by atoms with Crippen LogP contribution in [0.15, 0.2) is 11.5 Å². The van der Waals surface area contributed by atoms with Crippen LogP contribution in [0, 0.1) is 0 Å². The molecule has 1 fully saturated rings. The minimum absolute atomic E-state index is 0.0523. The van der Waals surface area contributed by atoms with Crippen molar-refractivity contribution in [3.63, 3.8) is 0 Å². The molecule has 0 radical (unpaired) electrons. The van der Waals surface area contributed by atoms with E-state index in [1.165, 1.54) is 13.3 Å². The molecular weight excluding hydrogens is 243 g/mol. The number of hydrogen-bond donors (Lipinski definition) is 3. The van der Waals surface area contributed by atoms with Crippen molar-refractivity contribution >= 4 is 14.0 Å². The van der Waals surface area contributed by atoms with Gasteiger partial charge in [0.05, 0.1) is 0 Å². The van der Waals surface area contributed by atoms with E-state index in [9.17, 15) is 9.90 Å². The van der Waals surface area contributed by atoms with E-state index in [-0.39, 0.29) is 11.6 Å². The van der Waals surface area contributed by atoms with E-state index in [1.807, 2.05) is 0 Å². The molecule has 1 aliphatic carbocycles. The van der Waals surface area contributed by atoms with Crippen LogP contribution in [-0.4, -0.2) is 17.1 Å². The molecule has 1 atom stereocenters. The van der Waals surface area contributed by atoms with Crippen LogP contribution < -0.4 is 10.6 Å². The van der Waals surface area contributed by atoms with Gasteiger partial charge in [0.2, 0.25) is 0 Å². The van der Waals surface area contributed by atoms with E-state index in [0.717, 1.165) is 25.7 Å². The van der Waals surface area contributed by atoms with Gasteiger partial charge in [0.25, 0.3) is 0 Å². The third-order valence-electron chi connectivity index (χ3n) is 3.04. The van der Waals surface area contributed by atoms with Crippen LogP contribution in [-0.2, 0) is 13.8 Å².